The van der Waals surface area contributed by atoms with Gasteiger partial charge in [0.15, 0.2) is 0 Å². The van der Waals surface area contributed by atoms with Gasteiger partial charge in [0.25, 0.3) is 0 Å². The first-order valence-corrected chi connectivity index (χ1v) is 5.83. The molecule has 0 saturated heterocycles. The number of hydrogen-bond donors (Lipinski definition) is 1. The summed E-state index contributed by atoms with van der Waals surface area (Å²) in [6.45, 7) is 1.81. The van der Waals surface area contributed by atoms with E-state index in [4.69, 9.17) is 0 Å². The lowest BCUT2D eigenvalue weighted by Crippen LogP contribution is -2.44. The molecular formula is C13H16F3NO2. The van der Waals surface area contributed by atoms with Crippen molar-refractivity contribution in [3.63, 3.8) is 0 Å². The van der Waals surface area contributed by atoms with Crippen LogP contribution in [0.15, 0.2) is 24.3 Å². The molecule has 1 aromatic rings. The Kier molecular flexibility index (Phi) is 4.80. The zero-order valence-electron chi connectivity index (χ0n) is 10.7. The van der Waals surface area contributed by atoms with Crippen LogP contribution >= 0.6 is 0 Å². The SMILES string of the molecule is CC(C)N(CC(F)(F)F)C(=O)Cc1cccc(O)c1. The highest BCUT2D eigenvalue weighted by Crippen LogP contribution is 2.19. The summed E-state index contributed by atoms with van der Waals surface area (Å²) < 4.78 is 37.2. The Hall–Kier alpha value is -1.72. The van der Waals surface area contributed by atoms with Crippen molar-refractivity contribution in [2.45, 2.75) is 32.5 Å². The number of nitrogens with zero attached hydrogens (tertiary/aromatic N) is 1. The highest BCUT2D eigenvalue weighted by Gasteiger charge is 2.34. The summed E-state index contributed by atoms with van der Waals surface area (Å²) in [6.07, 6.45) is -4.58. The largest absolute Gasteiger partial charge is 0.508 e. The number of benzene rings is 1. The van der Waals surface area contributed by atoms with Crippen LogP contribution in [0, 0.1) is 0 Å². The molecule has 19 heavy (non-hydrogen) atoms. The van der Waals surface area contributed by atoms with E-state index in [-0.39, 0.29) is 12.2 Å². The Bertz CT molecular complexity index is 444. The van der Waals surface area contributed by atoms with Crippen molar-refractivity contribution in [2.24, 2.45) is 0 Å². The molecular weight excluding hydrogens is 259 g/mol. The number of aromatic hydroxyl groups is 1. The quantitative estimate of drug-likeness (QED) is 0.917. The van der Waals surface area contributed by atoms with Gasteiger partial charge in [-0.15, -0.1) is 0 Å². The molecule has 1 N–H and O–H groups in total. The van der Waals surface area contributed by atoms with E-state index in [0.29, 0.717) is 5.56 Å². The van der Waals surface area contributed by atoms with Gasteiger partial charge in [0.05, 0.1) is 6.42 Å². The molecule has 0 bridgehead atoms. The van der Waals surface area contributed by atoms with E-state index >= 15 is 0 Å². The molecule has 0 aromatic heterocycles. The fourth-order valence-electron chi connectivity index (χ4n) is 1.69. The minimum Gasteiger partial charge on any atom is -0.508 e. The minimum atomic E-state index is -4.42. The molecule has 0 spiro atoms. The topological polar surface area (TPSA) is 40.5 Å². The lowest BCUT2D eigenvalue weighted by Gasteiger charge is -2.27. The van der Waals surface area contributed by atoms with Crippen molar-refractivity contribution in [1.29, 1.82) is 0 Å². The van der Waals surface area contributed by atoms with Crippen LogP contribution in [0.3, 0.4) is 0 Å². The van der Waals surface area contributed by atoms with E-state index in [1.807, 2.05) is 0 Å². The Morgan fingerprint density at radius 1 is 1.37 bits per heavy atom. The van der Waals surface area contributed by atoms with Crippen LogP contribution in [-0.4, -0.2) is 34.7 Å². The molecule has 0 atom stereocenters. The number of hydrogen-bond acceptors (Lipinski definition) is 2. The summed E-state index contributed by atoms with van der Waals surface area (Å²) in [4.78, 5) is 12.7. The van der Waals surface area contributed by atoms with Crippen molar-refractivity contribution in [3.05, 3.63) is 29.8 Å². The highest BCUT2D eigenvalue weighted by molar-refractivity contribution is 5.79. The molecule has 1 rings (SSSR count). The second-order valence-electron chi connectivity index (χ2n) is 4.58. The zero-order valence-corrected chi connectivity index (χ0v) is 10.7. The first-order valence-electron chi connectivity index (χ1n) is 5.83. The summed E-state index contributed by atoms with van der Waals surface area (Å²) in [5.74, 6) is -0.629. The van der Waals surface area contributed by atoms with E-state index in [1.165, 1.54) is 26.0 Å². The van der Waals surface area contributed by atoms with E-state index < -0.39 is 24.7 Å². The number of halogens is 3. The number of amides is 1. The lowest BCUT2D eigenvalue weighted by atomic mass is 10.1. The smallest absolute Gasteiger partial charge is 0.406 e. The van der Waals surface area contributed by atoms with Crippen LogP contribution in [0.2, 0.25) is 0 Å². The molecule has 6 heteroatoms. The van der Waals surface area contributed by atoms with Gasteiger partial charge in [-0.2, -0.15) is 13.2 Å². The average molecular weight is 275 g/mol. The van der Waals surface area contributed by atoms with Gasteiger partial charge in [0, 0.05) is 6.04 Å². The van der Waals surface area contributed by atoms with Crippen molar-refractivity contribution in [3.8, 4) is 5.75 Å². The zero-order chi connectivity index (χ0) is 14.6. The number of carbonyl (C=O) groups is 1. The number of phenolic OH excluding ortho intramolecular Hbond substituents is 1. The molecule has 0 unspecified atom stereocenters. The van der Waals surface area contributed by atoms with Crippen molar-refractivity contribution >= 4 is 5.91 Å². The third-order valence-electron chi connectivity index (χ3n) is 2.56. The van der Waals surface area contributed by atoms with Gasteiger partial charge in [0.2, 0.25) is 5.91 Å². The summed E-state index contributed by atoms with van der Waals surface area (Å²) >= 11 is 0. The molecule has 1 amide bonds. The summed E-state index contributed by atoms with van der Waals surface area (Å²) in [5.41, 5.74) is 0.484. The van der Waals surface area contributed by atoms with Crippen molar-refractivity contribution in [2.75, 3.05) is 6.54 Å². The standard InChI is InChI=1S/C13H16F3NO2/c1-9(2)17(8-13(14,15)16)12(19)7-10-4-3-5-11(18)6-10/h3-6,9,18H,7-8H2,1-2H3. The van der Waals surface area contributed by atoms with Gasteiger partial charge < -0.3 is 10.0 Å². The third kappa shape index (κ3) is 5.19. The molecule has 0 saturated carbocycles. The lowest BCUT2D eigenvalue weighted by molar-refractivity contribution is -0.164. The van der Waals surface area contributed by atoms with Crippen molar-refractivity contribution < 1.29 is 23.1 Å². The second-order valence-corrected chi connectivity index (χ2v) is 4.58. The molecule has 1 aromatic carbocycles. The number of rotatable bonds is 4. The maximum atomic E-state index is 12.4. The fourth-order valence-corrected chi connectivity index (χ4v) is 1.69. The molecule has 3 nitrogen and oxygen atoms in total. The second kappa shape index (κ2) is 5.95. The Labute approximate surface area is 109 Å². The van der Waals surface area contributed by atoms with E-state index in [9.17, 15) is 23.1 Å². The Morgan fingerprint density at radius 3 is 2.47 bits per heavy atom. The van der Waals surface area contributed by atoms with Gasteiger partial charge in [0.1, 0.15) is 12.3 Å². The number of carbonyl (C=O) groups excluding carboxylic acids is 1. The van der Waals surface area contributed by atoms with Gasteiger partial charge in [-0.1, -0.05) is 12.1 Å². The number of alkyl halides is 3. The van der Waals surface area contributed by atoms with E-state index in [0.717, 1.165) is 4.90 Å². The van der Waals surface area contributed by atoms with Gasteiger partial charge >= 0.3 is 6.18 Å². The van der Waals surface area contributed by atoms with Gasteiger partial charge in [-0.3, -0.25) is 4.79 Å². The highest BCUT2D eigenvalue weighted by atomic mass is 19.4. The minimum absolute atomic E-state index is 0.0165. The third-order valence-corrected chi connectivity index (χ3v) is 2.56. The molecule has 106 valence electrons. The number of phenols is 1. The van der Waals surface area contributed by atoms with Crippen LogP contribution in [0.4, 0.5) is 13.2 Å². The first kappa shape index (κ1) is 15.3. The summed E-state index contributed by atoms with van der Waals surface area (Å²) in [7, 11) is 0. The average Bonchev–Trinajstić information content (AvgIpc) is 2.24. The maximum Gasteiger partial charge on any atom is 0.406 e. The molecule has 0 aliphatic rings. The predicted molar refractivity (Wildman–Crippen MR) is 64.7 cm³/mol. The monoisotopic (exact) mass is 275 g/mol. The predicted octanol–water partition coefficient (Wildman–Crippen LogP) is 2.73. The molecule has 0 aliphatic heterocycles. The molecule has 0 fully saturated rings. The first-order chi connectivity index (χ1) is 8.69. The molecule has 0 heterocycles. The summed E-state index contributed by atoms with van der Waals surface area (Å²) in [5, 5.41) is 9.26. The summed E-state index contributed by atoms with van der Waals surface area (Å²) in [6, 6.07) is 5.39. The van der Waals surface area contributed by atoms with E-state index in [2.05, 4.69) is 0 Å². The fraction of sp³-hybridized carbons (Fsp3) is 0.462. The van der Waals surface area contributed by atoms with Crippen LogP contribution in [0.5, 0.6) is 5.75 Å². The van der Waals surface area contributed by atoms with Gasteiger partial charge in [-0.25, -0.2) is 0 Å². The Morgan fingerprint density at radius 2 is 2.00 bits per heavy atom. The van der Waals surface area contributed by atoms with Crippen LogP contribution < -0.4 is 0 Å². The Balaban J connectivity index is 2.78. The maximum absolute atomic E-state index is 12.4. The van der Waals surface area contributed by atoms with Crippen LogP contribution in [-0.2, 0) is 11.2 Å². The van der Waals surface area contributed by atoms with E-state index in [1.54, 1.807) is 12.1 Å². The van der Waals surface area contributed by atoms with Crippen LogP contribution in [0.25, 0.3) is 0 Å². The van der Waals surface area contributed by atoms with Gasteiger partial charge in [-0.05, 0) is 31.5 Å². The molecule has 0 radical (unpaired) electrons. The normalized spacial score (nSPS) is 11.7. The molecule has 0 aliphatic carbocycles. The van der Waals surface area contributed by atoms with Crippen molar-refractivity contribution in [1.82, 2.24) is 4.90 Å². The van der Waals surface area contributed by atoms with Crippen LogP contribution in [0.1, 0.15) is 19.4 Å².